The molecule has 132 valence electrons. The number of morpholine rings is 1. The van der Waals surface area contributed by atoms with Crippen LogP contribution in [0.1, 0.15) is 35.2 Å². The number of carbonyl (C=O) groups is 3. The van der Waals surface area contributed by atoms with E-state index in [0.717, 1.165) is 6.42 Å². The fraction of sp³-hybridized carbons (Fsp3) is 0.421. The molecule has 0 N–H and O–H groups in total. The molecule has 6 heteroatoms. The molecule has 1 saturated heterocycles. The number of rotatable bonds is 6. The lowest BCUT2D eigenvalue weighted by Crippen LogP contribution is -2.40. The van der Waals surface area contributed by atoms with Gasteiger partial charge in [-0.1, -0.05) is 24.3 Å². The van der Waals surface area contributed by atoms with E-state index in [9.17, 15) is 14.4 Å². The molecule has 0 bridgehead atoms. The number of carbonyl (C=O) groups excluding carboxylic acids is 3. The molecule has 0 atom stereocenters. The number of fused-ring (bicyclic) bond motifs is 1. The molecule has 1 heterocycles. The van der Waals surface area contributed by atoms with Crippen LogP contribution < -0.4 is 0 Å². The average molecular weight is 343 g/mol. The van der Waals surface area contributed by atoms with Crippen molar-refractivity contribution in [1.29, 1.82) is 0 Å². The van der Waals surface area contributed by atoms with E-state index in [0.29, 0.717) is 62.6 Å². The van der Waals surface area contributed by atoms with E-state index in [4.69, 9.17) is 9.47 Å². The highest BCUT2D eigenvalue weighted by Gasteiger charge is 2.26. The number of hydrogen-bond acceptors (Lipinski definition) is 5. The van der Waals surface area contributed by atoms with Gasteiger partial charge < -0.3 is 14.4 Å². The maximum absolute atomic E-state index is 12.0. The van der Waals surface area contributed by atoms with Gasteiger partial charge in [0.15, 0.2) is 0 Å². The van der Waals surface area contributed by atoms with Crippen molar-refractivity contribution in [3.63, 3.8) is 0 Å². The molecule has 0 spiro atoms. The summed E-state index contributed by atoms with van der Waals surface area (Å²) in [6, 6.07) is 6.94. The summed E-state index contributed by atoms with van der Waals surface area (Å²) < 4.78 is 10.9. The van der Waals surface area contributed by atoms with Crippen LogP contribution in [0.4, 0.5) is 0 Å². The minimum absolute atomic E-state index is 0.145. The summed E-state index contributed by atoms with van der Waals surface area (Å²) in [5.74, 6) is -0.485. The van der Waals surface area contributed by atoms with Gasteiger partial charge in [-0.05, 0) is 12.8 Å². The highest BCUT2D eigenvalue weighted by molar-refractivity contribution is 6.50. The SMILES string of the molecule is O=C1C=C(OCCCCC(=O)N2CCOCC2)c2ccccc2C1=O. The summed E-state index contributed by atoms with van der Waals surface area (Å²) in [5.41, 5.74) is 1.03. The quantitative estimate of drug-likeness (QED) is 0.582. The molecule has 0 aromatic heterocycles. The van der Waals surface area contributed by atoms with Gasteiger partial charge in [0.05, 0.1) is 19.8 Å². The monoisotopic (exact) mass is 343 g/mol. The van der Waals surface area contributed by atoms with Crippen molar-refractivity contribution in [2.45, 2.75) is 19.3 Å². The van der Waals surface area contributed by atoms with Crippen LogP contribution >= 0.6 is 0 Å². The number of unbranched alkanes of at least 4 members (excludes halogenated alkanes) is 1. The second-order valence-corrected chi connectivity index (χ2v) is 6.05. The molecule has 1 aliphatic heterocycles. The van der Waals surface area contributed by atoms with E-state index in [1.54, 1.807) is 24.3 Å². The van der Waals surface area contributed by atoms with Crippen molar-refractivity contribution in [3.05, 3.63) is 41.5 Å². The lowest BCUT2D eigenvalue weighted by molar-refractivity contribution is -0.135. The minimum atomic E-state index is -0.559. The van der Waals surface area contributed by atoms with E-state index in [1.165, 1.54) is 6.08 Å². The first-order valence-electron chi connectivity index (χ1n) is 8.55. The molecule has 1 aliphatic carbocycles. The lowest BCUT2D eigenvalue weighted by Gasteiger charge is -2.26. The van der Waals surface area contributed by atoms with E-state index < -0.39 is 11.6 Å². The Bertz CT molecular complexity index is 704. The van der Waals surface area contributed by atoms with Gasteiger partial charge in [0, 0.05) is 36.7 Å². The predicted octanol–water partition coefficient (Wildman–Crippen LogP) is 1.84. The Balaban J connectivity index is 1.46. The second-order valence-electron chi connectivity index (χ2n) is 6.05. The molecule has 1 aromatic carbocycles. The number of benzene rings is 1. The molecule has 25 heavy (non-hydrogen) atoms. The molecule has 0 saturated carbocycles. The number of allylic oxidation sites excluding steroid dienone is 1. The van der Waals surface area contributed by atoms with Crippen LogP contribution in [0.5, 0.6) is 0 Å². The van der Waals surface area contributed by atoms with E-state index in [1.807, 2.05) is 4.90 Å². The molecule has 3 rings (SSSR count). The first kappa shape index (κ1) is 17.4. The molecular formula is C19H21NO5. The largest absolute Gasteiger partial charge is 0.493 e. The number of nitrogens with zero attached hydrogens (tertiary/aromatic N) is 1. The third kappa shape index (κ3) is 4.14. The maximum atomic E-state index is 12.0. The van der Waals surface area contributed by atoms with Gasteiger partial charge >= 0.3 is 0 Å². The standard InChI is InChI=1S/C19H21NO5/c21-16-13-17(14-5-1-2-6-15(14)19(16)23)25-10-4-3-7-18(22)20-8-11-24-12-9-20/h1-2,5-6,13H,3-4,7-12H2. The summed E-state index contributed by atoms with van der Waals surface area (Å²) in [6.07, 6.45) is 3.16. The normalized spacial score (nSPS) is 17.1. The first-order chi connectivity index (χ1) is 12.2. The minimum Gasteiger partial charge on any atom is -0.493 e. The van der Waals surface area contributed by atoms with Crippen LogP contribution in [0.25, 0.3) is 5.76 Å². The lowest BCUT2D eigenvalue weighted by atomic mass is 9.94. The fourth-order valence-corrected chi connectivity index (χ4v) is 2.94. The van der Waals surface area contributed by atoms with E-state index >= 15 is 0 Å². The van der Waals surface area contributed by atoms with E-state index in [2.05, 4.69) is 0 Å². The zero-order valence-electron chi connectivity index (χ0n) is 14.0. The summed E-state index contributed by atoms with van der Waals surface area (Å²) in [7, 11) is 0. The van der Waals surface area contributed by atoms with Crippen LogP contribution in [0, 0.1) is 0 Å². The molecule has 0 radical (unpaired) electrons. The summed E-state index contributed by atoms with van der Waals surface area (Å²) in [6.45, 7) is 2.94. The molecule has 1 fully saturated rings. The smallest absolute Gasteiger partial charge is 0.233 e. The number of hydrogen-bond donors (Lipinski definition) is 0. The number of amides is 1. The van der Waals surface area contributed by atoms with Crippen LogP contribution in [-0.2, 0) is 19.1 Å². The fourth-order valence-electron chi connectivity index (χ4n) is 2.94. The first-order valence-corrected chi connectivity index (χ1v) is 8.55. The molecule has 0 unspecified atom stereocenters. The van der Waals surface area contributed by atoms with Crippen molar-refractivity contribution >= 4 is 23.2 Å². The maximum Gasteiger partial charge on any atom is 0.233 e. The van der Waals surface area contributed by atoms with Crippen molar-refractivity contribution in [2.75, 3.05) is 32.9 Å². The van der Waals surface area contributed by atoms with Gasteiger partial charge in [0.25, 0.3) is 0 Å². The Morgan fingerprint density at radius 1 is 1.08 bits per heavy atom. The van der Waals surface area contributed by atoms with Crippen molar-refractivity contribution in [3.8, 4) is 0 Å². The van der Waals surface area contributed by atoms with E-state index in [-0.39, 0.29) is 5.91 Å². The van der Waals surface area contributed by atoms with Crippen LogP contribution in [0.3, 0.4) is 0 Å². The number of Topliss-reactive ketones (excluding diaryl/α,β-unsaturated/α-hetero) is 1. The third-order valence-corrected chi connectivity index (χ3v) is 4.33. The summed E-state index contributed by atoms with van der Waals surface area (Å²) in [5, 5.41) is 0. The van der Waals surface area contributed by atoms with Crippen molar-refractivity contribution < 1.29 is 23.9 Å². The van der Waals surface area contributed by atoms with Crippen LogP contribution in [0.15, 0.2) is 30.3 Å². The zero-order valence-corrected chi connectivity index (χ0v) is 14.0. The third-order valence-electron chi connectivity index (χ3n) is 4.33. The van der Waals surface area contributed by atoms with Gasteiger partial charge in [-0.15, -0.1) is 0 Å². The molecule has 2 aliphatic rings. The Labute approximate surface area is 146 Å². The van der Waals surface area contributed by atoms with Gasteiger partial charge in [0.2, 0.25) is 17.5 Å². The Morgan fingerprint density at radius 3 is 2.56 bits per heavy atom. The van der Waals surface area contributed by atoms with Gasteiger partial charge in [-0.2, -0.15) is 0 Å². The van der Waals surface area contributed by atoms with Crippen molar-refractivity contribution in [2.24, 2.45) is 0 Å². The number of ether oxygens (including phenoxy) is 2. The Morgan fingerprint density at radius 2 is 1.80 bits per heavy atom. The average Bonchev–Trinajstić information content (AvgIpc) is 2.66. The van der Waals surface area contributed by atoms with Crippen LogP contribution in [0.2, 0.25) is 0 Å². The zero-order chi connectivity index (χ0) is 17.6. The number of ketones is 2. The molecule has 6 nitrogen and oxygen atoms in total. The van der Waals surface area contributed by atoms with Gasteiger partial charge in [-0.3, -0.25) is 14.4 Å². The molecule has 1 aromatic rings. The summed E-state index contributed by atoms with van der Waals surface area (Å²) in [4.78, 5) is 37.5. The van der Waals surface area contributed by atoms with Gasteiger partial charge in [0.1, 0.15) is 5.76 Å². The van der Waals surface area contributed by atoms with Gasteiger partial charge in [-0.25, -0.2) is 0 Å². The van der Waals surface area contributed by atoms with Crippen LogP contribution in [-0.4, -0.2) is 55.3 Å². The summed E-state index contributed by atoms with van der Waals surface area (Å²) >= 11 is 0. The predicted molar refractivity (Wildman–Crippen MR) is 91.0 cm³/mol. The molecular weight excluding hydrogens is 322 g/mol. The Kier molecular flexibility index (Phi) is 5.60. The second kappa shape index (κ2) is 8.07. The highest BCUT2D eigenvalue weighted by atomic mass is 16.5. The topological polar surface area (TPSA) is 72.9 Å². The molecule has 1 amide bonds. The Hall–Kier alpha value is -2.47. The highest BCUT2D eigenvalue weighted by Crippen LogP contribution is 2.26. The van der Waals surface area contributed by atoms with Crippen molar-refractivity contribution in [1.82, 2.24) is 4.90 Å².